The highest BCUT2D eigenvalue weighted by Gasteiger charge is 2.32. The van der Waals surface area contributed by atoms with E-state index in [1.165, 1.54) is 12.5 Å². The molecule has 3 amide bonds. The van der Waals surface area contributed by atoms with E-state index in [4.69, 9.17) is 10.8 Å². The summed E-state index contributed by atoms with van der Waals surface area (Å²) in [6, 6.07) is 2.68. The minimum atomic E-state index is -1.27. The van der Waals surface area contributed by atoms with Gasteiger partial charge < -0.3 is 41.9 Å². The number of H-pyrrole nitrogens is 2. The van der Waals surface area contributed by atoms with E-state index in [0.717, 1.165) is 10.9 Å². The molecule has 3 aromatic rings. The van der Waals surface area contributed by atoms with Crippen molar-refractivity contribution >= 4 is 34.6 Å². The quantitative estimate of drug-likeness (QED) is 0.140. The first-order valence-corrected chi connectivity index (χ1v) is 12.1. The van der Waals surface area contributed by atoms with Crippen molar-refractivity contribution in [2.24, 2.45) is 11.7 Å². The monoisotopic (exact) mass is 527 g/mol. The maximum absolute atomic E-state index is 13.3. The van der Waals surface area contributed by atoms with Crippen LogP contribution in [-0.2, 0) is 32.0 Å². The number of carboxylic acid groups (broad SMARTS) is 1. The molecule has 9 N–H and O–H groups in total. The van der Waals surface area contributed by atoms with Gasteiger partial charge in [0.1, 0.15) is 24.2 Å². The van der Waals surface area contributed by atoms with Gasteiger partial charge >= 0.3 is 5.97 Å². The summed E-state index contributed by atoms with van der Waals surface area (Å²) in [4.78, 5) is 60.6. The number of carbonyl (C=O) groups excluding carboxylic acids is 3. The van der Waals surface area contributed by atoms with Crippen molar-refractivity contribution in [1.82, 2.24) is 30.9 Å². The number of aromatic nitrogens is 3. The highest BCUT2D eigenvalue weighted by molar-refractivity contribution is 5.94. The van der Waals surface area contributed by atoms with E-state index in [1.807, 2.05) is 24.3 Å². The van der Waals surface area contributed by atoms with Crippen LogP contribution in [0.1, 0.15) is 25.1 Å². The van der Waals surface area contributed by atoms with Gasteiger partial charge in [0.2, 0.25) is 17.7 Å². The van der Waals surface area contributed by atoms with Crippen molar-refractivity contribution in [2.75, 3.05) is 6.61 Å². The lowest BCUT2D eigenvalue weighted by atomic mass is 10.0. The van der Waals surface area contributed by atoms with Gasteiger partial charge in [-0.3, -0.25) is 14.4 Å². The van der Waals surface area contributed by atoms with Gasteiger partial charge in [0, 0.05) is 41.8 Å². The number of aliphatic hydroxyl groups excluding tert-OH is 1. The van der Waals surface area contributed by atoms with E-state index < -0.39 is 54.5 Å². The average molecular weight is 528 g/mol. The van der Waals surface area contributed by atoms with Crippen LogP contribution in [0.2, 0.25) is 0 Å². The molecule has 0 spiro atoms. The van der Waals surface area contributed by atoms with Gasteiger partial charge in [-0.05, 0) is 17.5 Å². The Balaban J connectivity index is 1.78. The summed E-state index contributed by atoms with van der Waals surface area (Å²) >= 11 is 0. The molecule has 13 heteroatoms. The zero-order valence-electron chi connectivity index (χ0n) is 21.1. The number of aliphatic carboxylic acids is 1. The molecule has 4 atom stereocenters. The van der Waals surface area contributed by atoms with Crippen LogP contribution >= 0.6 is 0 Å². The molecule has 0 aliphatic carbocycles. The van der Waals surface area contributed by atoms with Gasteiger partial charge in [-0.2, -0.15) is 0 Å². The van der Waals surface area contributed by atoms with E-state index in [2.05, 4.69) is 30.9 Å². The van der Waals surface area contributed by atoms with Crippen LogP contribution in [0.15, 0.2) is 43.0 Å². The zero-order valence-corrected chi connectivity index (χ0v) is 21.1. The molecular formula is C25H33N7O6. The summed E-state index contributed by atoms with van der Waals surface area (Å²) in [5.74, 6) is -3.72. The number of nitrogens with one attached hydrogen (secondary N) is 5. The van der Waals surface area contributed by atoms with Crippen molar-refractivity contribution in [3.8, 4) is 0 Å². The molecule has 0 saturated carbocycles. The molecule has 3 rings (SSSR count). The first-order chi connectivity index (χ1) is 18.1. The largest absolute Gasteiger partial charge is 0.480 e. The molecule has 2 heterocycles. The predicted octanol–water partition coefficient (Wildman–Crippen LogP) is -0.809. The lowest BCUT2D eigenvalue weighted by Gasteiger charge is -2.26. The molecule has 0 aliphatic heterocycles. The van der Waals surface area contributed by atoms with Crippen molar-refractivity contribution in [2.45, 2.75) is 50.9 Å². The second kappa shape index (κ2) is 12.8. The third kappa shape index (κ3) is 7.17. The highest BCUT2D eigenvalue weighted by atomic mass is 16.4. The Morgan fingerprint density at radius 2 is 1.68 bits per heavy atom. The van der Waals surface area contributed by atoms with Crippen LogP contribution in [0.3, 0.4) is 0 Å². The number of para-hydroxylation sites is 1. The number of fused-ring (bicyclic) bond motifs is 1. The van der Waals surface area contributed by atoms with E-state index in [0.29, 0.717) is 11.3 Å². The smallest absolute Gasteiger partial charge is 0.326 e. The molecular weight excluding hydrogens is 494 g/mol. The lowest BCUT2D eigenvalue weighted by molar-refractivity contribution is -0.142. The fraction of sp³-hybridized carbons (Fsp3) is 0.400. The second-order valence-corrected chi connectivity index (χ2v) is 9.32. The number of aliphatic hydroxyl groups is 1. The molecule has 13 nitrogen and oxygen atoms in total. The number of aromatic amines is 2. The number of carbonyl (C=O) groups is 4. The normalized spacial score (nSPS) is 14.4. The first-order valence-electron chi connectivity index (χ1n) is 12.1. The Morgan fingerprint density at radius 1 is 0.974 bits per heavy atom. The molecule has 0 saturated heterocycles. The van der Waals surface area contributed by atoms with Crippen LogP contribution in [0.25, 0.3) is 10.9 Å². The van der Waals surface area contributed by atoms with Crippen LogP contribution in [-0.4, -0.2) is 79.6 Å². The standard InChI is InChI=1S/C25H33N7O6/c1-13(2)21(32-22(34)17(26)11-33)24(36)30-19(8-15-10-27-12-29-15)23(35)31-20(25(37)38)7-14-9-28-18-6-4-3-5-16(14)18/h3-6,9-10,12-13,17,19-21,28,33H,7-8,11,26H2,1-2H3,(H,27,29)(H,30,36)(H,31,35)(H,32,34)(H,37,38). The molecule has 4 unspecified atom stereocenters. The fourth-order valence-electron chi connectivity index (χ4n) is 3.96. The Kier molecular flexibility index (Phi) is 9.57. The topological polar surface area (TPSA) is 215 Å². The third-order valence-corrected chi connectivity index (χ3v) is 6.11. The van der Waals surface area contributed by atoms with Gasteiger partial charge in [-0.1, -0.05) is 32.0 Å². The van der Waals surface area contributed by atoms with Crippen molar-refractivity contribution in [3.63, 3.8) is 0 Å². The highest BCUT2D eigenvalue weighted by Crippen LogP contribution is 2.19. The van der Waals surface area contributed by atoms with Crippen molar-refractivity contribution in [3.05, 3.63) is 54.2 Å². The minimum Gasteiger partial charge on any atom is -0.480 e. The molecule has 204 valence electrons. The SMILES string of the molecule is CC(C)C(NC(=O)C(N)CO)C(=O)NC(Cc1cnc[nH]1)C(=O)NC(Cc1c[nH]c2ccccc12)C(=O)O. The molecule has 2 aromatic heterocycles. The third-order valence-electron chi connectivity index (χ3n) is 6.11. The Morgan fingerprint density at radius 3 is 2.32 bits per heavy atom. The van der Waals surface area contributed by atoms with Crippen molar-refractivity contribution < 1.29 is 29.4 Å². The molecule has 0 fully saturated rings. The fourth-order valence-corrected chi connectivity index (χ4v) is 3.96. The van der Waals surface area contributed by atoms with Crippen LogP contribution < -0.4 is 21.7 Å². The lowest BCUT2D eigenvalue weighted by Crippen LogP contribution is -2.59. The average Bonchev–Trinajstić information content (AvgIpc) is 3.55. The number of amides is 3. The summed E-state index contributed by atoms with van der Waals surface area (Å²) < 4.78 is 0. The van der Waals surface area contributed by atoms with Gasteiger partial charge in [0.15, 0.2) is 0 Å². The molecule has 0 radical (unpaired) electrons. The Labute approximate surface area is 218 Å². The number of carboxylic acids is 1. The number of imidazole rings is 1. The Bertz CT molecular complexity index is 1260. The van der Waals surface area contributed by atoms with Crippen LogP contribution in [0.5, 0.6) is 0 Å². The first kappa shape index (κ1) is 28.3. The number of rotatable bonds is 13. The molecule has 0 bridgehead atoms. The summed E-state index contributed by atoms with van der Waals surface area (Å²) in [5.41, 5.74) is 7.63. The number of nitrogens with two attached hydrogens (primary N) is 1. The van der Waals surface area contributed by atoms with Crippen LogP contribution in [0.4, 0.5) is 0 Å². The van der Waals surface area contributed by atoms with Crippen molar-refractivity contribution in [1.29, 1.82) is 0 Å². The molecule has 0 aliphatic rings. The van der Waals surface area contributed by atoms with Gasteiger partial charge in [0.05, 0.1) is 12.9 Å². The number of benzene rings is 1. The number of hydrogen-bond donors (Lipinski definition) is 8. The van der Waals surface area contributed by atoms with Crippen LogP contribution in [0, 0.1) is 5.92 Å². The summed E-state index contributed by atoms with van der Waals surface area (Å²) in [5, 5.41) is 27.5. The summed E-state index contributed by atoms with van der Waals surface area (Å²) in [6.07, 6.45) is 4.60. The number of nitrogens with zero attached hydrogens (tertiary/aromatic N) is 1. The van der Waals surface area contributed by atoms with Gasteiger partial charge in [-0.15, -0.1) is 0 Å². The predicted molar refractivity (Wildman–Crippen MR) is 138 cm³/mol. The minimum absolute atomic E-state index is 0.00802. The molecule has 1 aromatic carbocycles. The maximum atomic E-state index is 13.3. The van der Waals surface area contributed by atoms with E-state index >= 15 is 0 Å². The molecule has 38 heavy (non-hydrogen) atoms. The van der Waals surface area contributed by atoms with E-state index in [-0.39, 0.29) is 18.8 Å². The van der Waals surface area contributed by atoms with Gasteiger partial charge in [-0.25, -0.2) is 9.78 Å². The van der Waals surface area contributed by atoms with E-state index in [9.17, 15) is 24.3 Å². The van der Waals surface area contributed by atoms with Gasteiger partial charge in [0.25, 0.3) is 0 Å². The summed E-state index contributed by atoms with van der Waals surface area (Å²) in [6.45, 7) is 2.79. The summed E-state index contributed by atoms with van der Waals surface area (Å²) in [7, 11) is 0. The van der Waals surface area contributed by atoms with E-state index in [1.54, 1.807) is 20.0 Å². The second-order valence-electron chi connectivity index (χ2n) is 9.32. The maximum Gasteiger partial charge on any atom is 0.326 e. The Hall–Kier alpha value is -4.23. The number of hydrogen-bond acceptors (Lipinski definition) is 7. The zero-order chi connectivity index (χ0) is 27.8.